The molecule has 0 saturated carbocycles. The van der Waals surface area contributed by atoms with Crippen molar-refractivity contribution in [3.8, 4) is 11.8 Å². The van der Waals surface area contributed by atoms with Gasteiger partial charge in [0.25, 0.3) is 0 Å². The number of nitrogens with one attached hydrogen (secondary N) is 1. The first-order valence-corrected chi connectivity index (χ1v) is 11.6. The molecule has 2 aliphatic rings. The van der Waals surface area contributed by atoms with Gasteiger partial charge in [0.15, 0.2) is 0 Å². The highest BCUT2D eigenvalue weighted by molar-refractivity contribution is 6.10. The minimum absolute atomic E-state index is 0.0494. The van der Waals surface area contributed by atoms with Crippen LogP contribution in [0.4, 0.5) is 5.69 Å². The molecule has 164 valence electrons. The summed E-state index contributed by atoms with van der Waals surface area (Å²) in [6.45, 7) is 6.44. The fraction of sp³-hybridized carbons (Fsp3) is 0.0968. The van der Waals surface area contributed by atoms with Gasteiger partial charge in [-0.1, -0.05) is 85.2 Å². The van der Waals surface area contributed by atoms with E-state index < -0.39 is 0 Å². The number of rotatable bonds is 2. The lowest BCUT2D eigenvalue weighted by molar-refractivity contribution is 0.595. The van der Waals surface area contributed by atoms with Crippen molar-refractivity contribution < 1.29 is 0 Å². The van der Waals surface area contributed by atoms with Crippen molar-refractivity contribution in [2.45, 2.75) is 19.1 Å². The first-order valence-electron chi connectivity index (χ1n) is 11.6. The number of hydrogen-bond acceptors (Lipinski definition) is 2. The van der Waals surface area contributed by atoms with Crippen LogP contribution in [0.1, 0.15) is 12.5 Å². The molecule has 1 N–H and O–H groups in total. The molecule has 2 atom stereocenters. The smallest absolute Gasteiger partial charge is 0.120 e. The molecular weight excluding hydrogens is 414 g/mol. The third-order valence-corrected chi connectivity index (χ3v) is 6.59. The number of allylic oxidation sites excluding steroid dienone is 4. The molecule has 0 spiro atoms. The summed E-state index contributed by atoms with van der Waals surface area (Å²) in [5.41, 5.74) is 5.39. The zero-order valence-corrected chi connectivity index (χ0v) is 19.1. The number of nitrogens with zero attached hydrogens (tertiary/aromatic N) is 2. The topological polar surface area (TPSA) is 20.2 Å². The molecule has 34 heavy (non-hydrogen) atoms. The zero-order valence-electron chi connectivity index (χ0n) is 19.1. The molecule has 4 aromatic rings. The van der Waals surface area contributed by atoms with Crippen molar-refractivity contribution in [3.05, 3.63) is 115 Å². The van der Waals surface area contributed by atoms with Crippen LogP contribution in [0.15, 0.2) is 110 Å². The highest BCUT2D eigenvalue weighted by Gasteiger charge is 2.26. The monoisotopic (exact) mass is 439 g/mol. The Kier molecular flexibility index (Phi) is 4.86. The van der Waals surface area contributed by atoms with Crippen molar-refractivity contribution in [2.24, 2.45) is 0 Å². The largest absolute Gasteiger partial charge is 0.348 e. The van der Waals surface area contributed by atoms with Crippen LogP contribution in [0.3, 0.4) is 0 Å². The van der Waals surface area contributed by atoms with E-state index in [1.807, 2.05) is 12.1 Å². The molecule has 1 aromatic heterocycles. The van der Waals surface area contributed by atoms with Crippen LogP contribution in [0.5, 0.6) is 0 Å². The number of hydrogen-bond donors (Lipinski definition) is 1. The maximum Gasteiger partial charge on any atom is 0.120 e. The van der Waals surface area contributed by atoms with E-state index in [9.17, 15) is 0 Å². The molecule has 2 unspecified atom stereocenters. The van der Waals surface area contributed by atoms with Gasteiger partial charge in [0.05, 0.1) is 11.0 Å². The first kappa shape index (κ1) is 20.2. The summed E-state index contributed by atoms with van der Waals surface area (Å²) in [4.78, 5) is 2.39. The van der Waals surface area contributed by atoms with Gasteiger partial charge < -0.3 is 10.2 Å². The summed E-state index contributed by atoms with van der Waals surface area (Å²) < 4.78 is 2.33. The fourth-order valence-electron chi connectivity index (χ4n) is 5.04. The Morgan fingerprint density at radius 2 is 1.53 bits per heavy atom. The molecule has 3 heteroatoms. The molecule has 0 saturated heterocycles. The van der Waals surface area contributed by atoms with Crippen LogP contribution >= 0.6 is 0 Å². The standard InChI is InChI=1S/C31H25N3/c1-22-12-3-4-13-23(2)33(27-17-8-5-14-24(22)27)30-20-11-21-31(32-30)34-28-18-9-6-15-25(28)26-16-7-10-19-29(26)34/h4-11,13-21,23,30,32H,1H2,2H3/b13-4-. The molecule has 0 fully saturated rings. The lowest BCUT2D eigenvalue weighted by atomic mass is 10.0. The number of benzene rings is 3. The van der Waals surface area contributed by atoms with Gasteiger partial charge in [-0.05, 0) is 43.4 Å². The third-order valence-electron chi connectivity index (χ3n) is 6.59. The van der Waals surface area contributed by atoms with Crippen molar-refractivity contribution in [2.75, 3.05) is 4.90 Å². The summed E-state index contributed by atoms with van der Waals surface area (Å²) >= 11 is 0. The summed E-state index contributed by atoms with van der Waals surface area (Å²) in [5, 5.41) is 6.33. The molecular formula is C31H25N3. The van der Waals surface area contributed by atoms with E-state index in [2.05, 4.69) is 131 Å². The minimum Gasteiger partial charge on any atom is -0.348 e. The summed E-state index contributed by atoms with van der Waals surface area (Å²) in [6.07, 6.45) is 10.5. The number of dihydropyridines is 1. The van der Waals surface area contributed by atoms with Crippen molar-refractivity contribution in [1.29, 1.82) is 0 Å². The van der Waals surface area contributed by atoms with E-state index in [-0.39, 0.29) is 12.2 Å². The number of fused-ring (bicyclic) bond motifs is 4. The van der Waals surface area contributed by atoms with Crippen LogP contribution in [0, 0.1) is 11.8 Å². The molecule has 0 bridgehead atoms. The van der Waals surface area contributed by atoms with E-state index in [4.69, 9.17) is 0 Å². The Morgan fingerprint density at radius 1 is 0.853 bits per heavy atom. The highest BCUT2D eigenvalue weighted by atomic mass is 15.3. The van der Waals surface area contributed by atoms with Crippen LogP contribution in [-0.2, 0) is 0 Å². The van der Waals surface area contributed by atoms with E-state index in [1.165, 1.54) is 21.8 Å². The van der Waals surface area contributed by atoms with E-state index in [0.717, 1.165) is 22.6 Å². The van der Waals surface area contributed by atoms with E-state index in [0.29, 0.717) is 0 Å². The Morgan fingerprint density at radius 3 is 2.29 bits per heavy atom. The van der Waals surface area contributed by atoms with Crippen molar-refractivity contribution in [1.82, 2.24) is 9.88 Å². The molecule has 0 aliphatic carbocycles. The first-order chi connectivity index (χ1) is 16.7. The maximum absolute atomic E-state index is 4.24. The highest BCUT2D eigenvalue weighted by Crippen LogP contribution is 2.34. The molecule has 3 nitrogen and oxygen atoms in total. The van der Waals surface area contributed by atoms with Gasteiger partial charge in [-0.3, -0.25) is 4.57 Å². The Bertz CT molecular complexity index is 1530. The maximum atomic E-state index is 4.24. The van der Waals surface area contributed by atoms with Gasteiger partial charge in [-0.15, -0.1) is 0 Å². The van der Waals surface area contributed by atoms with Crippen LogP contribution in [-0.4, -0.2) is 16.8 Å². The van der Waals surface area contributed by atoms with Gasteiger partial charge >= 0.3 is 0 Å². The second-order valence-corrected chi connectivity index (χ2v) is 8.67. The lowest BCUT2D eigenvalue weighted by Gasteiger charge is -2.39. The Labute approximate surface area is 200 Å². The average molecular weight is 440 g/mol. The average Bonchev–Trinajstić information content (AvgIpc) is 3.23. The SMILES string of the molecule is C=C1C#C/C=C\C(C)N(C2C=CC=C(n3c4ccccc4c4ccccc43)N2)c2ccccc21. The van der Waals surface area contributed by atoms with Crippen molar-refractivity contribution in [3.63, 3.8) is 0 Å². The fourth-order valence-corrected chi connectivity index (χ4v) is 5.04. The predicted molar refractivity (Wildman–Crippen MR) is 144 cm³/mol. The lowest BCUT2D eigenvalue weighted by Crippen LogP contribution is -2.49. The number of aromatic nitrogens is 1. The van der Waals surface area contributed by atoms with E-state index >= 15 is 0 Å². The summed E-state index contributed by atoms with van der Waals surface area (Å²) in [5.74, 6) is 7.37. The van der Waals surface area contributed by atoms with Crippen LogP contribution < -0.4 is 10.2 Å². The van der Waals surface area contributed by atoms with Gasteiger partial charge in [0, 0.05) is 33.6 Å². The molecule has 0 amide bonds. The quantitative estimate of drug-likeness (QED) is 0.357. The van der Waals surface area contributed by atoms with Crippen LogP contribution in [0.2, 0.25) is 0 Å². The van der Waals surface area contributed by atoms with Crippen molar-refractivity contribution >= 4 is 38.9 Å². The second kappa shape index (κ2) is 8.17. The summed E-state index contributed by atoms with van der Waals surface area (Å²) in [7, 11) is 0. The summed E-state index contributed by atoms with van der Waals surface area (Å²) in [6, 6.07) is 25.7. The van der Waals surface area contributed by atoms with Crippen LogP contribution in [0.25, 0.3) is 33.2 Å². The number of para-hydroxylation sites is 3. The van der Waals surface area contributed by atoms with Gasteiger partial charge in [-0.2, -0.15) is 0 Å². The van der Waals surface area contributed by atoms with E-state index in [1.54, 1.807) is 0 Å². The molecule has 3 aromatic carbocycles. The predicted octanol–water partition coefficient (Wildman–Crippen LogP) is 6.56. The normalized spacial score (nSPS) is 20.4. The Balaban J connectivity index is 1.47. The molecule has 3 heterocycles. The Hall–Kier alpha value is -4.42. The third kappa shape index (κ3) is 3.24. The second-order valence-electron chi connectivity index (χ2n) is 8.67. The number of anilines is 1. The molecule has 6 rings (SSSR count). The molecule has 0 radical (unpaired) electrons. The van der Waals surface area contributed by atoms with Gasteiger partial charge in [0.1, 0.15) is 12.0 Å². The minimum atomic E-state index is -0.0494. The zero-order chi connectivity index (χ0) is 23.1. The van der Waals surface area contributed by atoms with Gasteiger partial charge in [0.2, 0.25) is 0 Å². The van der Waals surface area contributed by atoms with Gasteiger partial charge in [-0.25, -0.2) is 0 Å². The molecule has 2 aliphatic heterocycles.